The van der Waals surface area contributed by atoms with E-state index in [1.807, 2.05) is 24.5 Å². The van der Waals surface area contributed by atoms with Crippen LogP contribution in [-0.2, 0) is 0 Å². The van der Waals surface area contributed by atoms with Gasteiger partial charge in [0, 0.05) is 40.6 Å². The lowest BCUT2D eigenvalue weighted by Gasteiger charge is -2.45. The van der Waals surface area contributed by atoms with E-state index in [9.17, 15) is 0 Å². The number of pyridine rings is 2. The second-order valence-corrected chi connectivity index (χ2v) is 14.3. The summed E-state index contributed by atoms with van der Waals surface area (Å²) in [6.07, 6.45) is 13.7. The van der Waals surface area contributed by atoms with Crippen LogP contribution in [0.4, 0.5) is 23.0 Å². The topological polar surface area (TPSA) is 32.3 Å². The van der Waals surface area contributed by atoms with Gasteiger partial charge in [-0.15, -0.1) is 0 Å². The number of fused-ring (bicyclic) bond motifs is 2. The molecule has 10 rings (SSSR count). The molecule has 2 aromatic heterocycles. The number of rotatable bonds is 6. The van der Waals surface area contributed by atoms with E-state index >= 15 is 0 Å². The van der Waals surface area contributed by atoms with Gasteiger partial charge in [0.2, 0.25) is 0 Å². The molecule has 0 spiro atoms. The lowest BCUT2D eigenvalue weighted by atomic mass is 9.65. The Balaban J connectivity index is 1.19. The van der Waals surface area contributed by atoms with Crippen LogP contribution in [0.15, 0.2) is 170 Å². The molecular weight excluding hydrogens is 633 g/mol. The van der Waals surface area contributed by atoms with Gasteiger partial charge in [-0.05, 0) is 82.3 Å². The van der Waals surface area contributed by atoms with Gasteiger partial charge in [-0.25, -0.2) is 9.97 Å². The van der Waals surface area contributed by atoms with Crippen molar-refractivity contribution in [3.63, 3.8) is 0 Å². The van der Waals surface area contributed by atoms with E-state index in [4.69, 9.17) is 9.97 Å². The van der Waals surface area contributed by atoms with Crippen LogP contribution in [0.1, 0.15) is 47.9 Å². The molecule has 250 valence electrons. The predicted molar refractivity (Wildman–Crippen MR) is 216 cm³/mol. The van der Waals surface area contributed by atoms with Gasteiger partial charge in [0.1, 0.15) is 11.6 Å². The van der Waals surface area contributed by atoms with Crippen LogP contribution in [0.2, 0.25) is 0 Å². The van der Waals surface area contributed by atoms with E-state index < -0.39 is 0 Å². The highest BCUT2D eigenvalue weighted by molar-refractivity contribution is 6.02. The maximum absolute atomic E-state index is 4.98. The van der Waals surface area contributed by atoms with Crippen molar-refractivity contribution >= 4 is 55.8 Å². The highest BCUT2D eigenvalue weighted by Gasteiger charge is 2.42. The van der Waals surface area contributed by atoms with Gasteiger partial charge in [-0.1, -0.05) is 128 Å². The molecule has 3 aliphatic rings. The Bertz CT molecular complexity index is 2580. The van der Waals surface area contributed by atoms with Crippen molar-refractivity contribution < 1.29 is 0 Å². The Morgan fingerprint density at radius 2 is 1.10 bits per heavy atom. The summed E-state index contributed by atoms with van der Waals surface area (Å²) in [7, 11) is 0. The third-order valence-corrected chi connectivity index (χ3v) is 11.3. The molecule has 0 fully saturated rings. The maximum Gasteiger partial charge on any atom is 0.137 e. The molecule has 52 heavy (non-hydrogen) atoms. The smallest absolute Gasteiger partial charge is 0.137 e. The zero-order valence-corrected chi connectivity index (χ0v) is 29.3. The van der Waals surface area contributed by atoms with E-state index in [0.29, 0.717) is 0 Å². The second kappa shape index (κ2) is 12.2. The third-order valence-electron chi connectivity index (χ3n) is 11.3. The zero-order valence-electron chi connectivity index (χ0n) is 29.3. The van der Waals surface area contributed by atoms with Gasteiger partial charge in [-0.2, -0.15) is 0 Å². The Labute approximate surface area is 304 Å². The van der Waals surface area contributed by atoms with Crippen molar-refractivity contribution in [3.05, 3.63) is 192 Å². The van der Waals surface area contributed by atoms with E-state index in [-0.39, 0.29) is 23.8 Å². The van der Waals surface area contributed by atoms with E-state index in [2.05, 4.69) is 169 Å². The number of anilines is 4. The summed E-state index contributed by atoms with van der Waals surface area (Å²) in [5.41, 5.74) is 10.3. The molecule has 5 aromatic carbocycles. The van der Waals surface area contributed by atoms with Crippen LogP contribution < -0.4 is 9.80 Å². The van der Waals surface area contributed by atoms with Gasteiger partial charge in [-0.3, -0.25) is 4.90 Å². The van der Waals surface area contributed by atoms with Crippen molar-refractivity contribution in [2.24, 2.45) is 5.92 Å². The predicted octanol–water partition coefficient (Wildman–Crippen LogP) is 12.0. The van der Waals surface area contributed by atoms with Crippen LogP contribution >= 0.6 is 0 Å². The minimum atomic E-state index is 0.0199. The number of benzene rings is 5. The van der Waals surface area contributed by atoms with Gasteiger partial charge in [0.15, 0.2) is 0 Å². The molecule has 4 nitrogen and oxygen atoms in total. The highest BCUT2D eigenvalue weighted by atomic mass is 15.2. The Kier molecular flexibility index (Phi) is 7.17. The fourth-order valence-corrected chi connectivity index (χ4v) is 9.02. The van der Waals surface area contributed by atoms with Crippen molar-refractivity contribution in [2.45, 2.75) is 31.7 Å². The molecule has 0 saturated heterocycles. The van der Waals surface area contributed by atoms with E-state index in [1.165, 1.54) is 60.8 Å². The fourth-order valence-electron chi connectivity index (χ4n) is 9.02. The summed E-state index contributed by atoms with van der Waals surface area (Å²) in [6.45, 7) is 4.66. The summed E-state index contributed by atoms with van der Waals surface area (Å²) in [5.74, 6) is 2.54. The SMILES string of the molecule is CC1=CC(N(c2ccccn2)c2cccc3ccccc23)C2C=CC3c4c(ccc1c42)C(N(c1ccccn1)c1cccc2ccccc12)=CC3C. The summed E-state index contributed by atoms with van der Waals surface area (Å²) >= 11 is 0. The molecule has 4 unspecified atom stereocenters. The Morgan fingerprint density at radius 1 is 0.519 bits per heavy atom. The lowest BCUT2D eigenvalue weighted by Crippen LogP contribution is -2.39. The first-order chi connectivity index (χ1) is 25.7. The van der Waals surface area contributed by atoms with Crippen molar-refractivity contribution in [1.82, 2.24) is 9.97 Å². The van der Waals surface area contributed by atoms with Crippen molar-refractivity contribution in [3.8, 4) is 0 Å². The van der Waals surface area contributed by atoms with Gasteiger partial charge in [0.25, 0.3) is 0 Å². The number of allylic oxidation sites excluding steroid dienone is 3. The van der Waals surface area contributed by atoms with E-state index in [1.54, 1.807) is 0 Å². The number of hydrogen-bond acceptors (Lipinski definition) is 4. The van der Waals surface area contributed by atoms with E-state index in [0.717, 1.165) is 17.3 Å². The van der Waals surface area contributed by atoms with Crippen LogP contribution in [0, 0.1) is 5.92 Å². The Hall–Kier alpha value is -6.26. The van der Waals surface area contributed by atoms with Crippen LogP contribution in [0.3, 0.4) is 0 Å². The van der Waals surface area contributed by atoms with Crippen LogP contribution in [0.25, 0.3) is 32.8 Å². The van der Waals surface area contributed by atoms with Gasteiger partial charge < -0.3 is 4.90 Å². The molecule has 0 bridgehead atoms. The van der Waals surface area contributed by atoms with Gasteiger partial charge >= 0.3 is 0 Å². The fraction of sp³-hybridized carbons (Fsp3) is 0.125. The highest BCUT2D eigenvalue weighted by Crippen LogP contribution is 2.54. The quantitative estimate of drug-likeness (QED) is 0.165. The van der Waals surface area contributed by atoms with Crippen molar-refractivity contribution in [1.29, 1.82) is 0 Å². The molecular formula is C48H38N4. The largest absolute Gasteiger partial charge is 0.318 e. The second-order valence-electron chi connectivity index (χ2n) is 14.3. The normalized spacial score (nSPS) is 19.9. The minimum absolute atomic E-state index is 0.0199. The average molecular weight is 671 g/mol. The summed E-state index contributed by atoms with van der Waals surface area (Å²) < 4.78 is 0. The number of hydrogen-bond donors (Lipinski definition) is 0. The number of aromatic nitrogens is 2. The molecule has 3 aliphatic carbocycles. The van der Waals surface area contributed by atoms with Crippen molar-refractivity contribution in [2.75, 3.05) is 9.80 Å². The third kappa shape index (κ3) is 4.75. The number of nitrogens with zero attached hydrogens (tertiary/aromatic N) is 4. The molecule has 4 atom stereocenters. The van der Waals surface area contributed by atoms with Crippen LogP contribution in [-0.4, -0.2) is 16.0 Å². The molecule has 0 saturated carbocycles. The lowest BCUT2D eigenvalue weighted by molar-refractivity contribution is 0.582. The van der Waals surface area contributed by atoms with Crippen LogP contribution in [0.5, 0.6) is 0 Å². The molecule has 0 N–H and O–H groups in total. The average Bonchev–Trinajstić information content (AvgIpc) is 3.20. The standard InChI is InChI=1S/C48H38N4/c1-31-29-43(51(45-21-7-9-27-49-45)41-19-11-15-33-13-3-5-17-37(33)41)39-26-24-36-32(2)30-44(40-25-23-35(31)47(39)48(36)40)52(46-22-8-10-28-50-46)42-20-12-16-34-14-4-6-18-38(34)42/h3-31,35,40,44H,1-2H3. The molecule has 2 heterocycles. The molecule has 7 aromatic rings. The molecule has 0 amide bonds. The monoisotopic (exact) mass is 670 g/mol. The summed E-state index contributed by atoms with van der Waals surface area (Å²) in [6, 6.07) is 47.8. The minimum Gasteiger partial charge on any atom is -0.318 e. The molecule has 4 heteroatoms. The molecule has 0 radical (unpaired) electrons. The first-order valence-electron chi connectivity index (χ1n) is 18.3. The zero-order chi connectivity index (χ0) is 34.8. The summed E-state index contributed by atoms with van der Waals surface area (Å²) in [5, 5.41) is 4.86. The van der Waals surface area contributed by atoms with Gasteiger partial charge in [0.05, 0.1) is 23.1 Å². The molecule has 0 aliphatic heterocycles. The first-order valence-corrected chi connectivity index (χ1v) is 18.3. The Morgan fingerprint density at radius 3 is 1.81 bits per heavy atom. The first kappa shape index (κ1) is 30.6. The summed E-state index contributed by atoms with van der Waals surface area (Å²) in [4.78, 5) is 14.8. The maximum atomic E-state index is 4.98.